The van der Waals surface area contributed by atoms with Gasteiger partial charge in [0.2, 0.25) is 5.88 Å². The minimum Gasteiger partial charge on any atom is -0.475 e. The average Bonchev–Trinajstić information content (AvgIpc) is 2.45. The summed E-state index contributed by atoms with van der Waals surface area (Å²) in [6.07, 6.45) is 4.58. The number of hydrogen-bond donors (Lipinski definition) is 1. The van der Waals surface area contributed by atoms with Gasteiger partial charge in [0.05, 0.1) is 6.10 Å². The molecule has 1 saturated heterocycles. The molecule has 2 unspecified atom stereocenters. The summed E-state index contributed by atoms with van der Waals surface area (Å²) in [6, 6.07) is 4.58. The van der Waals surface area contributed by atoms with Crippen LogP contribution in [0.1, 0.15) is 39.2 Å². The Hall–Kier alpha value is -1.13. The monoisotopic (exact) mass is 291 g/mol. The van der Waals surface area contributed by atoms with Gasteiger partial charge in [-0.2, -0.15) is 0 Å². The van der Waals surface area contributed by atoms with Crippen molar-refractivity contribution in [2.24, 2.45) is 5.92 Å². The van der Waals surface area contributed by atoms with Crippen LogP contribution in [0.4, 0.5) is 0 Å². The first-order chi connectivity index (χ1) is 10.1. The molecule has 0 spiro atoms. The number of ether oxygens (including phenoxy) is 1. The van der Waals surface area contributed by atoms with E-state index in [9.17, 15) is 0 Å². The van der Waals surface area contributed by atoms with Gasteiger partial charge in [-0.1, -0.05) is 6.07 Å². The number of nitrogens with zero attached hydrogens (tertiary/aromatic N) is 2. The number of hydrogen-bond acceptors (Lipinski definition) is 4. The van der Waals surface area contributed by atoms with E-state index in [2.05, 4.69) is 35.2 Å². The standard InChI is InChI=1S/C17H29N3O/c1-13(2)21-17-15(7-5-9-18-17)11-19-14(3)16-8-6-10-20(4)12-16/h5,7,9,13-14,16,19H,6,8,10-12H2,1-4H3. The molecule has 1 aromatic heterocycles. The van der Waals surface area contributed by atoms with Gasteiger partial charge in [0.25, 0.3) is 0 Å². The number of piperidine rings is 1. The molecule has 0 amide bonds. The van der Waals surface area contributed by atoms with Crippen molar-refractivity contribution in [3.63, 3.8) is 0 Å². The molecule has 4 heteroatoms. The predicted molar refractivity (Wildman–Crippen MR) is 86.5 cm³/mol. The summed E-state index contributed by atoms with van der Waals surface area (Å²) < 4.78 is 5.78. The molecule has 0 bridgehead atoms. The number of aromatic nitrogens is 1. The molecule has 0 aromatic carbocycles. The highest BCUT2D eigenvalue weighted by Gasteiger charge is 2.22. The van der Waals surface area contributed by atoms with Crippen molar-refractivity contribution in [1.29, 1.82) is 0 Å². The van der Waals surface area contributed by atoms with E-state index in [4.69, 9.17) is 4.74 Å². The SMILES string of the molecule is CC(C)Oc1ncccc1CNC(C)C1CCCN(C)C1. The summed E-state index contributed by atoms with van der Waals surface area (Å²) in [6.45, 7) is 9.61. The van der Waals surface area contributed by atoms with Crippen LogP contribution >= 0.6 is 0 Å². The van der Waals surface area contributed by atoms with Crippen LogP contribution < -0.4 is 10.1 Å². The second kappa shape index (κ2) is 7.76. The van der Waals surface area contributed by atoms with Gasteiger partial charge >= 0.3 is 0 Å². The molecule has 2 rings (SSSR count). The number of likely N-dealkylation sites (tertiary alicyclic amines) is 1. The van der Waals surface area contributed by atoms with E-state index < -0.39 is 0 Å². The first-order valence-electron chi connectivity index (χ1n) is 8.08. The Kier molecular flexibility index (Phi) is 6.00. The van der Waals surface area contributed by atoms with E-state index >= 15 is 0 Å². The summed E-state index contributed by atoms with van der Waals surface area (Å²) in [4.78, 5) is 6.79. The Labute approximate surface area is 128 Å². The lowest BCUT2D eigenvalue weighted by atomic mass is 9.92. The Morgan fingerprint density at radius 1 is 1.43 bits per heavy atom. The van der Waals surface area contributed by atoms with E-state index in [0.29, 0.717) is 6.04 Å². The molecule has 0 aliphatic carbocycles. The molecule has 1 N–H and O–H groups in total. The van der Waals surface area contributed by atoms with Crippen LogP contribution in [0.25, 0.3) is 0 Å². The van der Waals surface area contributed by atoms with E-state index in [-0.39, 0.29) is 6.10 Å². The molecule has 1 aliphatic rings. The van der Waals surface area contributed by atoms with Crippen molar-refractivity contribution in [2.75, 3.05) is 20.1 Å². The lowest BCUT2D eigenvalue weighted by Crippen LogP contribution is -2.42. The zero-order chi connectivity index (χ0) is 15.2. The maximum atomic E-state index is 5.78. The fourth-order valence-corrected chi connectivity index (χ4v) is 2.94. The van der Waals surface area contributed by atoms with E-state index in [1.807, 2.05) is 19.9 Å². The summed E-state index contributed by atoms with van der Waals surface area (Å²) in [7, 11) is 2.22. The third-order valence-electron chi connectivity index (χ3n) is 4.18. The highest BCUT2D eigenvalue weighted by Crippen LogP contribution is 2.20. The molecular formula is C17H29N3O. The van der Waals surface area contributed by atoms with Crippen molar-refractivity contribution < 1.29 is 4.74 Å². The number of rotatable bonds is 6. The fraction of sp³-hybridized carbons (Fsp3) is 0.706. The van der Waals surface area contributed by atoms with Crippen LogP contribution in [0.3, 0.4) is 0 Å². The first-order valence-corrected chi connectivity index (χ1v) is 8.08. The average molecular weight is 291 g/mol. The van der Waals surface area contributed by atoms with Gasteiger partial charge in [-0.05, 0) is 59.2 Å². The van der Waals surface area contributed by atoms with Crippen LogP contribution in [-0.4, -0.2) is 42.2 Å². The summed E-state index contributed by atoms with van der Waals surface area (Å²) >= 11 is 0. The van der Waals surface area contributed by atoms with Crippen molar-refractivity contribution in [3.05, 3.63) is 23.9 Å². The quantitative estimate of drug-likeness (QED) is 0.874. The molecule has 4 nitrogen and oxygen atoms in total. The van der Waals surface area contributed by atoms with E-state index in [1.54, 1.807) is 6.20 Å². The van der Waals surface area contributed by atoms with Gasteiger partial charge in [-0.3, -0.25) is 0 Å². The van der Waals surface area contributed by atoms with Crippen molar-refractivity contribution in [2.45, 2.75) is 52.3 Å². The molecule has 1 aliphatic heterocycles. The summed E-state index contributed by atoms with van der Waals surface area (Å²) in [5.41, 5.74) is 1.14. The van der Waals surface area contributed by atoms with Gasteiger partial charge in [0.15, 0.2) is 0 Å². The lowest BCUT2D eigenvalue weighted by molar-refractivity contribution is 0.177. The Morgan fingerprint density at radius 3 is 2.95 bits per heavy atom. The van der Waals surface area contributed by atoms with Crippen molar-refractivity contribution >= 4 is 0 Å². The normalized spacial score (nSPS) is 21.5. The molecule has 0 saturated carbocycles. The van der Waals surface area contributed by atoms with Crippen LogP contribution in [0, 0.1) is 5.92 Å². The molecule has 2 atom stereocenters. The van der Waals surface area contributed by atoms with Gasteiger partial charge < -0.3 is 15.0 Å². The highest BCUT2D eigenvalue weighted by molar-refractivity contribution is 5.25. The highest BCUT2D eigenvalue weighted by atomic mass is 16.5. The van der Waals surface area contributed by atoms with E-state index in [0.717, 1.165) is 23.9 Å². The first kappa shape index (κ1) is 16.2. The third-order valence-corrected chi connectivity index (χ3v) is 4.18. The molecule has 1 fully saturated rings. The minimum absolute atomic E-state index is 0.156. The third kappa shape index (κ3) is 4.97. The zero-order valence-electron chi connectivity index (χ0n) is 13.8. The Balaban J connectivity index is 1.90. The molecule has 1 aromatic rings. The van der Waals surface area contributed by atoms with Crippen molar-refractivity contribution in [1.82, 2.24) is 15.2 Å². The van der Waals surface area contributed by atoms with Crippen LogP contribution in [0.5, 0.6) is 5.88 Å². The van der Waals surface area contributed by atoms with Crippen LogP contribution in [0.2, 0.25) is 0 Å². The predicted octanol–water partition coefficient (Wildman–Crippen LogP) is 2.69. The molecule has 2 heterocycles. The van der Waals surface area contributed by atoms with Gasteiger partial charge in [0, 0.05) is 30.9 Å². The number of pyridine rings is 1. The second-order valence-electron chi connectivity index (χ2n) is 6.47. The summed E-state index contributed by atoms with van der Waals surface area (Å²) in [5.74, 6) is 1.49. The minimum atomic E-state index is 0.156. The van der Waals surface area contributed by atoms with Gasteiger partial charge in [-0.25, -0.2) is 4.98 Å². The maximum absolute atomic E-state index is 5.78. The van der Waals surface area contributed by atoms with Gasteiger partial charge in [0.1, 0.15) is 0 Å². The Morgan fingerprint density at radius 2 is 2.24 bits per heavy atom. The van der Waals surface area contributed by atoms with E-state index in [1.165, 1.54) is 25.9 Å². The van der Waals surface area contributed by atoms with Crippen LogP contribution in [0.15, 0.2) is 18.3 Å². The lowest BCUT2D eigenvalue weighted by Gasteiger charge is -2.34. The molecule has 0 radical (unpaired) electrons. The molecule has 21 heavy (non-hydrogen) atoms. The summed E-state index contributed by atoms with van der Waals surface area (Å²) in [5, 5.41) is 3.66. The van der Waals surface area contributed by atoms with Crippen molar-refractivity contribution in [3.8, 4) is 5.88 Å². The maximum Gasteiger partial charge on any atom is 0.218 e. The topological polar surface area (TPSA) is 37.4 Å². The fourth-order valence-electron chi connectivity index (χ4n) is 2.94. The van der Waals surface area contributed by atoms with Gasteiger partial charge in [-0.15, -0.1) is 0 Å². The Bertz CT molecular complexity index is 436. The second-order valence-corrected chi connectivity index (χ2v) is 6.47. The smallest absolute Gasteiger partial charge is 0.218 e. The zero-order valence-corrected chi connectivity index (χ0v) is 13.8. The van der Waals surface area contributed by atoms with Crippen LogP contribution in [-0.2, 0) is 6.54 Å². The largest absolute Gasteiger partial charge is 0.475 e. The molecule has 118 valence electrons. The number of nitrogens with one attached hydrogen (secondary N) is 1. The molecular weight excluding hydrogens is 262 g/mol.